The highest BCUT2D eigenvalue weighted by Crippen LogP contribution is 2.20. The Bertz CT molecular complexity index is 605. The van der Waals surface area contributed by atoms with Crippen molar-refractivity contribution in [2.75, 3.05) is 39.3 Å². The third-order valence-electron chi connectivity index (χ3n) is 5.63. The topological polar surface area (TPSA) is 43.9 Å². The average Bonchev–Trinajstić information content (AvgIpc) is 3.03. The van der Waals surface area contributed by atoms with Crippen molar-refractivity contribution in [1.29, 1.82) is 0 Å². The van der Waals surface area contributed by atoms with Gasteiger partial charge >= 0.3 is 0 Å². The van der Waals surface area contributed by atoms with Crippen molar-refractivity contribution in [3.63, 3.8) is 0 Å². The van der Waals surface area contributed by atoms with E-state index in [4.69, 9.17) is 0 Å². The summed E-state index contributed by atoms with van der Waals surface area (Å²) in [7, 11) is 0. The maximum absolute atomic E-state index is 12.9. The SMILES string of the molecule is CC(=O)N1CCCC1C(=O)N1CCCN(CCCc2ccccc2)CC1. The number of aryl methyl sites for hydroxylation is 1. The zero-order valence-electron chi connectivity index (χ0n) is 15.9. The zero-order chi connectivity index (χ0) is 18.4. The summed E-state index contributed by atoms with van der Waals surface area (Å²) in [5, 5.41) is 0. The monoisotopic (exact) mass is 357 g/mol. The molecule has 2 heterocycles. The van der Waals surface area contributed by atoms with Crippen molar-refractivity contribution in [1.82, 2.24) is 14.7 Å². The van der Waals surface area contributed by atoms with Crippen LogP contribution in [0.2, 0.25) is 0 Å². The standard InChI is InChI=1S/C21H31N3O2/c1-18(25)24-15-6-11-20(24)21(26)23-14-7-13-22(16-17-23)12-5-10-19-8-3-2-4-9-19/h2-4,8-9,20H,5-7,10-17H2,1H3. The van der Waals surface area contributed by atoms with Crippen molar-refractivity contribution < 1.29 is 9.59 Å². The van der Waals surface area contributed by atoms with Gasteiger partial charge in [-0.25, -0.2) is 0 Å². The minimum Gasteiger partial charge on any atom is -0.340 e. The van der Waals surface area contributed by atoms with E-state index in [-0.39, 0.29) is 17.9 Å². The van der Waals surface area contributed by atoms with E-state index in [0.717, 1.165) is 71.4 Å². The third-order valence-corrected chi connectivity index (χ3v) is 5.63. The van der Waals surface area contributed by atoms with Crippen molar-refractivity contribution in [2.24, 2.45) is 0 Å². The third kappa shape index (κ3) is 4.85. The fourth-order valence-corrected chi connectivity index (χ4v) is 4.18. The normalized spacial score (nSPS) is 21.7. The minimum absolute atomic E-state index is 0.0261. The molecule has 2 aliphatic heterocycles. The minimum atomic E-state index is -0.225. The Morgan fingerprint density at radius 2 is 1.81 bits per heavy atom. The molecule has 0 aromatic heterocycles. The molecule has 2 amide bonds. The van der Waals surface area contributed by atoms with E-state index >= 15 is 0 Å². The highest BCUT2D eigenvalue weighted by Gasteiger charge is 2.35. The predicted octanol–water partition coefficient (Wildman–Crippen LogP) is 2.16. The van der Waals surface area contributed by atoms with Gasteiger partial charge in [0, 0.05) is 33.1 Å². The van der Waals surface area contributed by atoms with Gasteiger partial charge < -0.3 is 14.7 Å². The van der Waals surface area contributed by atoms with Crippen LogP contribution >= 0.6 is 0 Å². The van der Waals surface area contributed by atoms with Gasteiger partial charge in [0.25, 0.3) is 0 Å². The van der Waals surface area contributed by atoms with E-state index in [2.05, 4.69) is 35.2 Å². The lowest BCUT2D eigenvalue weighted by Gasteiger charge is -2.29. The number of rotatable bonds is 5. The van der Waals surface area contributed by atoms with E-state index in [9.17, 15) is 9.59 Å². The smallest absolute Gasteiger partial charge is 0.245 e. The van der Waals surface area contributed by atoms with Crippen LogP contribution in [0.15, 0.2) is 30.3 Å². The Morgan fingerprint density at radius 1 is 1.00 bits per heavy atom. The average molecular weight is 357 g/mol. The number of likely N-dealkylation sites (tertiary alicyclic amines) is 1. The second kappa shape index (κ2) is 9.17. The fraction of sp³-hybridized carbons (Fsp3) is 0.619. The Morgan fingerprint density at radius 3 is 2.58 bits per heavy atom. The molecule has 142 valence electrons. The van der Waals surface area contributed by atoms with Crippen LogP contribution in [0, 0.1) is 0 Å². The fourth-order valence-electron chi connectivity index (χ4n) is 4.18. The van der Waals surface area contributed by atoms with Crippen LogP contribution in [0.5, 0.6) is 0 Å². The molecule has 2 fully saturated rings. The van der Waals surface area contributed by atoms with Gasteiger partial charge in [-0.1, -0.05) is 30.3 Å². The molecule has 0 radical (unpaired) electrons. The number of hydrogen-bond acceptors (Lipinski definition) is 3. The Hall–Kier alpha value is -1.88. The van der Waals surface area contributed by atoms with Gasteiger partial charge in [0.1, 0.15) is 6.04 Å². The number of carbonyl (C=O) groups is 2. The second-order valence-corrected chi connectivity index (χ2v) is 7.48. The Kier molecular flexibility index (Phi) is 6.67. The van der Waals surface area contributed by atoms with Crippen LogP contribution in [0.25, 0.3) is 0 Å². The molecule has 0 saturated carbocycles. The summed E-state index contributed by atoms with van der Waals surface area (Å²) >= 11 is 0. The lowest BCUT2D eigenvalue weighted by molar-refractivity contribution is -0.142. The van der Waals surface area contributed by atoms with Gasteiger partial charge in [-0.15, -0.1) is 0 Å². The molecule has 0 N–H and O–H groups in total. The first-order chi connectivity index (χ1) is 12.6. The van der Waals surface area contributed by atoms with E-state index in [1.807, 2.05) is 4.90 Å². The first-order valence-corrected chi connectivity index (χ1v) is 9.97. The first kappa shape index (κ1) is 18.9. The number of nitrogens with zero attached hydrogens (tertiary/aromatic N) is 3. The molecule has 2 saturated heterocycles. The molecule has 1 unspecified atom stereocenters. The predicted molar refractivity (Wildman–Crippen MR) is 103 cm³/mol. The maximum Gasteiger partial charge on any atom is 0.245 e. The van der Waals surface area contributed by atoms with E-state index in [1.165, 1.54) is 5.56 Å². The van der Waals surface area contributed by atoms with E-state index < -0.39 is 0 Å². The Labute approximate surface area is 156 Å². The molecule has 3 rings (SSSR count). The largest absolute Gasteiger partial charge is 0.340 e. The second-order valence-electron chi connectivity index (χ2n) is 7.48. The molecule has 0 spiro atoms. The van der Waals surface area contributed by atoms with Crippen molar-refractivity contribution >= 4 is 11.8 Å². The molecule has 1 aromatic carbocycles. The summed E-state index contributed by atoms with van der Waals surface area (Å²) < 4.78 is 0. The number of carbonyl (C=O) groups excluding carboxylic acids is 2. The van der Waals surface area contributed by atoms with Crippen LogP contribution in [0.1, 0.15) is 38.2 Å². The number of amides is 2. The van der Waals surface area contributed by atoms with Gasteiger partial charge in [0.15, 0.2) is 0 Å². The molecule has 26 heavy (non-hydrogen) atoms. The van der Waals surface area contributed by atoms with Crippen molar-refractivity contribution in [3.05, 3.63) is 35.9 Å². The number of hydrogen-bond donors (Lipinski definition) is 0. The van der Waals surface area contributed by atoms with Crippen LogP contribution < -0.4 is 0 Å². The summed E-state index contributed by atoms with van der Waals surface area (Å²) in [6.07, 6.45) is 5.03. The molecule has 5 heteroatoms. The summed E-state index contributed by atoms with van der Waals surface area (Å²) in [5.74, 6) is 0.182. The van der Waals surface area contributed by atoms with Gasteiger partial charge in [-0.3, -0.25) is 9.59 Å². The lowest BCUT2D eigenvalue weighted by atomic mass is 10.1. The molecular formula is C21H31N3O2. The van der Waals surface area contributed by atoms with Crippen LogP contribution in [-0.4, -0.2) is 71.8 Å². The van der Waals surface area contributed by atoms with Crippen molar-refractivity contribution in [2.45, 2.75) is 45.1 Å². The summed E-state index contributed by atoms with van der Waals surface area (Å²) in [5.41, 5.74) is 1.39. The summed E-state index contributed by atoms with van der Waals surface area (Å²) in [6.45, 7) is 6.98. The molecule has 1 aromatic rings. The van der Waals surface area contributed by atoms with Crippen LogP contribution in [-0.2, 0) is 16.0 Å². The summed E-state index contributed by atoms with van der Waals surface area (Å²) in [6, 6.07) is 10.4. The lowest BCUT2D eigenvalue weighted by Crippen LogP contribution is -2.48. The molecular weight excluding hydrogens is 326 g/mol. The molecule has 0 aliphatic carbocycles. The van der Waals surface area contributed by atoms with Crippen LogP contribution in [0.3, 0.4) is 0 Å². The summed E-state index contributed by atoms with van der Waals surface area (Å²) in [4.78, 5) is 30.9. The van der Waals surface area contributed by atoms with E-state index in [1.54, 1.807) is 11.8 Å². The maximum atomic E-state index is 12.9. The van der Waals surface area contributed by atoms with Gasteiger partial charge in [-0.2, -0.15) is 0 Å². The highest BCUT2D eigenvalue weighted by atomic mass is 16.2. The molecule has 1 atom stereocenters. The molecule has 0 bridgehead atoms. The quantitative estimate of drug-likeness (QED) is 0.811. The van der Waals surface area contributed by atoms with Gasteiger partial charge in [0.2, 0.25) is 11.8 Å². The highest BCUT2D eigenvalue weighted by molar-refractivity contribution is 5.87. The molecule has 2 aliphatic rings. The molecule has 5 nitrogen and oxygen atoms in total. The zero-order valence-corrected chi connectivity index (χ0v) is 15.9. The number of benzene rings is 1. The Balaban J connectivity index is 1.45. The van der Waals surface area contributed by atoms with Gasteiger partial charge in [0.05, 0.1) is 0 Å². The van der Waals surface area contributed by atoms with Gasteiger partial charge in [-0.05, 0) is 50.8 Å². The first-order valence-electron chi connectivity index (χ1n) is 9.97. The van der Waals surface area contributed by atoms with Crippen molar-refractivity contribution in [3.8, 4) is 0 Å². The van der Waals surface area contributed by atoms with Crippen LogP contribution in [0.4, 0.5) is 0 Å². The van der Waals surface area contributed by atoms with E-state index in [0.29, 0.717) is 0 Å².